The summed E-state index contributed by atoms with van der Waals surface area (Å²) in [4.78, 5) is 15.4. The van der Waals surface area contributed by atoms with Crippen molar-refractivity contribution < 1.29 is 0 Å². The minimum Gasteiger partial charge on any atom is -0.324 e. The van der Waals surface area contributed by atoms with E-state index < -0.39 is 0 Å². The lowest BCUT2D eigenvalue weighted by molar-refractivity contribution is 0.252. The van der Waals surface area contributed by atoms with Crippen molar-refractivity contribution in [3.63, 3.8) is 0 Å². The summed E-state index contributed by atoms with van der Waals surface area (Å²) in [5.74, 6) is 0. The Labute approximate surface area is 133 Å². The molecule has 1 aromatic rings. The molecule has 1 aliphatic heterocycles. The number of hydrogen-bond donors (Lipinski definition) is 1. The molecule has 0 radical (unpaired) electrons. The van der Waals surface area contributed by atoms with Crippen LogP contribution in [0.5, 0.6) is 0 Å². The molecule has 1 unspecified atom stereocenters. The highest BCUT2D eigenvalue weighted by molar-refractivity contribution is 5.31. The lowest BCUT2D eigenvalue weighted by Gasteiger charge is -2.34. The molecule has 22 heavy (non-hydrogen) atoms. The van der Waals surface area contributed by atoms with Crippen LogP contribution in [0.2, 0.25) is 0 Å². The van der Waals surface area contributed by atoms with Crippen molar-refractivity contribution >= 4 is 0 Å². The fraction of sp³-hybridized carbons (Fsp3) is 0.722. The first kappa shape index (κ1) is 15.8. The number of likely N-dealkylation sites (N-methyl/N-ethyl adjacent to an activating group) is 1. The molecule has 0 bridgehead atoms. The highest BCUT2D eigenvalue weighted by atomic mass is 16.1. The molecule has 1 fully saturated rings. The van der Waals surface area contributed by atoms with Gasteiger partial charge in [0.1, 0.15) is 0 Å². The SMILES string of the molecule is CCN1CCc2c(cc(C(C)N)c(=O)n2C2CCCCC2)C1. The number of nitrogens with zero attached hydrogens (tertiary/aromatic N) is 2. The van der Waals surface area contributed by atoms with Gasteiger partial charge in [0, 0.05) is 42.9 Å². The van der Waals surface area contributed by atoms with Gasteiger partial charge in [-0.05, 0) is 37.9 Å². The minimum atomic E-state index is -0.190. The van der Waals surface area contributed by atoms with Crippen molar-refractivity contribution in [2.45, 2.75) is 71.0 Å². The smallest absolute Gasteiger partial charge is 0.255 e. The Morgan fingerprint density at radius 2 is 2.05 bits per heavy atom. The molecule has 3 rings (SSSR count). The Bertz CT molecular complexity index is 585. The summed E-state index contributed by atoms with van der Waals surface area (Å²) in [6.45, 7) is 7.21. The van der Waals surface area contributed by atoms with E-state index in [1.165, 1.54) is 30.5 Å². The number of nitrogens with two attached hydrogens (primary N) is 1. The molecular weight excluding hydrogens is 274 g/mol. The topological polar surface area (TPSA) is 51.3 Å². The Balaban J connectivity index is 2.09. The Kier molecular flexibility index (Phi) is 4.69. The summed E-state index contributed by atoms with van der Waals surface area (Å²) in [7, 11) is 0. The number of pyridine rings is 1. The molecule has 1 saturated carbocycles. The van der Waals surface area contributed by atoms with Gasteiger partial charge in [-0.1, -0.05) is 26.2 Å². The zero-order valence-corrected chi connectivity index (χ0v) is 14.0. The van der Waals surface area contributed by atoms with E-state index in [2.05, 4.69) is 22.5 Å². The molecule has 0 aromatic carbocycles. The number of aromatic nitrogens is 1. The minimum absolute atomic E-state index is 0.172. The highest BCUT2D eigenvalue weighted by Gasteiger charge is 2.26. The van der Waals surface area contributed by atoms with Crippen LogP contribution < -0.4 is 11.3 Å². The van der Waals surface area contributed by atoms with Gasteiger partial charge in [0.2, 0.25) is 0 Å². The van der Waals surface area contributed by atoms with Crippen LogP contribution in [0, 0.1) is 0 Å². The summed E-state index contributed by atoms with van der Waals surface area (Å²) in [6, 6.07) is 2.29. The lowest BCUT2D eigenvalue weighted by atomic mass is 9.92. The van der Waals surface area contributed by atoms with E-state index in [0.29, 0.717) is 6.04 Å². The molecule has 2 aliphatic rings. The molecule has 4 nitrogen and oxygen atoms in total. The average Bonchev–Trinajstić information content (AvgIpc) is 2.54. The molecule has 0 saturated heterocycles. The second-order valence-corrected chi connectivity index (χ2v) is 6.95. The predicted molar refractivity (Wildman–Crippen MR) is 90.1 cm³/mol. The van der Waals surface area contributed by atoms with Gasteiger partial charge in [0.25, 0.3) is 5.56 Å². The first-order valence-corrected chi connectivity index (χ1v) is 8.87. The highest BCUT2D eigenvalue weighted by Crippen LogP contribution is 2.31. The molecule has 1 aromatic heterocycles. The average molecular weight is 303 g/mol. The van der Waals surface area contributed by atoms with Crippen LogP contribution in [0.4, 0.5) is 0 Å². The van der Waals surface area contributed by atoms with Crippen molar-refractivity contribution in [1.29, 1.82) is 0 Å². The van der Waals surface area contributed by atoms with Crippen LogP contribution in [0.25, 0.3) is 0 Å². The van der Waals surface area contributed by atoms with Crippen molar-refractivity contribution in [3.05, 3.63) is 33.2 Å². The van der Waals surface area contributed by atoms with E-state index in [4.69, 9.17) is 5.73 Å². The molecule has 2 N–H and O–H groups in total. The molecule has 122 valence electrons. The third-order valence-electron chi connectivity index (χ3n) is 5.39. The zero-order valence-electron chi connectivity index (χ0n) is 14.0. The molecule has 0 spiro atoms. The van der Waals surface area contributed by atoms with E-state index >= 15 is 0 Å². The van der Waals surface area contributed by atoms with E-state index in [9.17, 15) is 4.79 Å². The van der Waals surface area contributed by atoms with Gasteiger partial charge < -0.3 is 10.3 Å². The van der Waals surface area contributed by atoms with Crippen LogP contribution in [0.1, 0.15) is 74.9 Å². The third kappa shape index (κ3) is 2.86. The van der Waals surface area contributed by atoms with Crippen molar-refractivity contribution in [3.8, 4) is 0 Å². The summed E-state index contributed by atoms with van der Waals surface area (Å²) < 4.78 is 2.14. The largest absolute Gasteiger partial charge is 0.324 e. The van der Waals surface area contributed by atoms with Gasteiger partial charge in [-0.25, -0.2) is 0 Å². The Morgan fingerprint density at radius 1 is 1.32 bits per heavy atom. The van der Waals surface area contributed by atoms with Gasteiger partial charge in [-0.2, -0.15) is 0 Å². The first-order chi connectivity index (χ1) is 10.6. The van der Waals surface area contributed by atoms with Crippen molar-refractivity contribution in [2.24, 2.45) is 5.73 Å². The van der Waals surface area contributed by atoms with Gasteiger partial charge in [0.15, 0.2) is 0 Å². The molecule has 4 heteroatoms. The quantitative estimate of drug-likeness (QED) is 0.934. The first-order valence-electron chi connectivity index (χ1n) is 8.87. The summed E-state index contributed by atoms with van der Waals surface area (Å²) in [5.41, 5.74) is 9.66. The van der Waals surface area contributed by atoms with Crippen molar-refractivity contribution in [2.75, 3.05) is 13.1 Å². The maximum absolute atomic E-state index is 13.0. The normalized spacial score (nSPS) is 21.6. The Hall–Kier alpha value is -1.13. The van der Waals surface area contributed by atoms with E-state index in [-0.39, 0.29) is 11.6 Å². The van der Waals surface area contributed by atoms with Crippen LogP contribution in [-0.2, 0) is 13.0 Å². The fourth-order valence-corrected chi connectivity index (χ4v) is 4.07. The van der Waals surface area contributed by atoms with Gasteiger partial charge >= 0.3 is 0 Å². The van der Waals surface area contributed by atoms with E-state index in [1.54, 1.807) is 0 Å². The Morgan fingerprint density at radius 3 is 2.68 bits per heavy atom. The van der Waals surface area contributed by atoms with Gasteiger partial charge in [0.05, 0.1) is 0 Å². The van der Waals surface area contributed by atoms with Crippen LogP contribution >= 0.6 is 0 Å². The molecule has 1 aliphatic carbocycles. The monoisotopic (exact) mass is 303 g/mol. The fourth-order valence-electron chi connectivity index (χ4n) is 4.07. The van der Waals surface area contributed by atoms with Crippen LogP contribution in [-0.4, -0.2) is 22.6 Å². The zero-order chi connectivity index (χ0) is 15.7. The summed E-state index contributed by atoms with van der Waals surface area (Å²) in [5, 5.41) is 0. The second-order valence-electron chi connectivity index (χ2n) is 6.95. The third-order valence-corrected chi connectivity index (χ3v) is 5.39. The van der Waals surface area contributed by atoms with E-state index in [0.717, 1.165) is 44.5 Å². The second kappa shape index (κ2) is 6.55. The van der Waals surface area contributed by atoms with E-state index in [1.807, 2.05) is 6.92 Å². The number of fused-ring (bicyclic) bond motifs is 1. The predicted octanol–water partition coefficient (Wildman–Crippen LogP) is 2.75. The van der Waals surface area contributed by atoms with Crippen molar-refractivity contribution in [1.82, 2.24) is 9.47 Å². The summed E-state index contributed by atoms with van der Waals surface area (Å²) >= 11 is 0. The maximum Gasteiger partial charge on any atom is 0.255 e. The molecule has 0 amide bonds. The standard InChI is InChI=1S/C18H29N3O/c1-3-20-10-9-17-14(12-20)11-16(13(2)19)18(22)21(17)15-7-5-4-6-8-15/h11,13,15H,3-10,12,19H2,1-2H3. The molecular formula is C18H29N3O. The summed E-state index contributed by atoms with van der Waals surface area (Å²) in [6.07, 6.45) is 7.08. The van der Waals surface area contributed by atoms with Gasteiger partial charge in [-0.3, -0.25) is 9.69 Å². The maximum atomic E-state index is 13.0. The number of rotatable bonds is 3. The van der Waals surface area contributed by atoms with Gasteiger partial charge in [-0.15, -0.1) is 0 Å². The lowest BCUT2D eigenvalue weighted by Crippen LogP contribution is -2.39. The van der Waals surface area contributed by atoms with Crippen LogP contribution in [0.3, 0.4) is 0 Å². The molecule has 1 atom stereocenters. The van der Waals surface area contributed by atoms with Crippen LogP contribution in [0.15, 0.2) is 10.9 Å². The molecule has 2 heterocycles. The number of hydrogen-bond acceptors (Lipinski definition) is 3.